The van der Waals surface area contributed by atoms with Crippen LogP contribution in [0.4, 0.5) is 0 Å². The van der Waals surface area contributed by atoms with Crippen molar-refractivity contribution in [2.75, 3.05) is 26.2 Å². The summed E-state index contributed by atoms with van der Waals surface area (Å²) in [6.45, 7) is 6.30. The zero-order chi connectivity index (χ0) is 11.3. The number of nitrogens with zero attached hydrogens (tertiary/aromatic N) is 1. The summed E-state index contributed by atoms with van der Waals surface area (Å²) in [6, 6.07) is 0.0246. The molecule has 0 aromatic rings. The zero-order valence-electron chi connectivity index (χ0n) is 9.70. The fourth-order valence-electron chi connectivity index (χ4n) is 1.81. The number of carbonyl (C=O) groups is 1. The summed E-state index contributed by atoms with van der Waals surface area (Å²) < 4.78 is 0. The first kappa shape index (κ1) is 12.5. The van der Waals surface area contributed by atoms with Gasteiger partial charge in [-0.1, -0.05) is 13.8 Å². The van der Waals surface area contributed by atoms with Crippen molar-refractivity contribution >= 4 is 5.91 Å². The third-order valence-corrected chi connectivity index (χ3v) is 2.98. The van der Waals surface area contributed by atoms with Gasteiger partial charge >= 0.3 is 0 Å². The molecule has 15 heavy (non-hydrogen) atoms. The molecule has 1 aliphatic heterocycles. The third-order valence-electron chi connectivity index (χ3n) is 2.98. The van der Waals surface area contributed by atoms with Crippen molar-refractivity contribution in [3.05, 3.63) is 0 Å². The van der Waals surface area contributed by atoms with E-state index in [9.17, 15) is 4.79 Å². The van der Waals surface area contributed by atoms with E-state index in [1.165, 1.54) is 0 Å². The highest BCUT2D eigenvalue weighted by molar-refractivity contribution is 5.78. The second kappa shape index (κ2) is 6.08. The fraction of sp³-hybridized carbons (Fsp3) is 0.909. The summed E-state index contributed by atoms with van der Waals surface area (Å²) in [4.78, 5) is 13.6. The second-order valence-corrected chi connectivity index (χ2v) is 4.50. The largest absolute Gasteiger partial charge is 0.395 e. The Morgan fingerprint density at radius 1 is 1.40 bits per heavy atom. The summed E-state index contributed by atoms with van der Waals surface area (Å²) >= 11 is 0. The molecule has 1 aliphatic rings. The van der Waals surface area contributed by atoms with Crippen molar-refractivity contribution in [1.29, 1.82) is 0 Å². The van der Waals surface area contributed by atoms with Gasteiger partial charge in [0.15, 0.2) is 0 Å². The van der Waals surface area contributed by atoms with E-state index in [1.54, 1.807) is 0 Å². The minimum Gasteiger partial charge on any atom is -0.395 e. The van der Waals surface area contributed by atoms with E-state index in [2.05, 4.69) is 5.32 Å². The number of hydrogen-bond donors (Lipinski definition) is 2. The van der Waals surface area contributed by atoms with Gasteiger partial charge in [-0.2, -0.15) is 0 Å². The van der Waals surface area contributed by atoms with Crippen LogP contribution in [0.3, 0.4) is 0 Å². The molecule has 0 radical (unpaired) electrons. The molecule has 0 spiro atoms. The van der Waals surface area contributed by atoms with Gasteiger partial charge in [0.05, 0.1) is 13.2 Å². The molecule has 1 amide bonds. The van der Waals surface area contributed by atoms with Crippen molar-refractivity contribution in [2.24, 2.45) is 5.92 Å². The third kappa shape index (κ3) is 3.80. The maximum Gasteiger partial charge on any atom is 0.236 e. The second-order valence-electron chi connectivity index (χ2n) is 4.50. The SMILES string of the molecule is CC(C)[C@@H](CO)NCC(=O)N1CCCC1. The van der Waals surface area contributed by atoms with Crippen molar-refractivity contribution in [3.63, 3.8) is 0 Å². The fourth-order valence-corrected chi connectivity index (χ4v) is 1.81. The minimum atomic E-state index is 0.0246. The van der Waals surface area contributed by atoms with Crippen molar-refractivity contribution in [1.82, 2.24) is 10.2 Å². The molecule has 4 heteroatoms. The van der Waals surface area contributed by atoms with E-state index in [4.69, 9.17) is 5.11 Å². The van der Waals surface area contributed by atoms with Crippen LogP contribution in [0, 0.1) is 5.92 Å². The Morgan fingerprint density at radius 3 is 2.47 bits per heavy atom. The standard InChI is InChI=1S/C11H22N2O2/c1-9(2)10(8-14)12-7-11(15)13-5-3-4-6-13/h9-10,12,14H,3-8H2,1-2H3/t10-/m1/s1. The average Bonchev–Trinajstić information content (AvgIpc) is 2.70. The van der Waals surface area contributed by atoms with E-state index in [0.717, 1.165) is 25.9 Å². The van der Waals surface area contributed by atoms with E-state index >= 15 is 0 Å². The van der Waals surface area contributed by atoms with Crippen molar-refractivity contribution in [2.45, 2.75) is 32.7 Å². The van der Waals surface area contributed by atoms with Gasteiger partial charge in [-0.05, 0) is 18.8 Å². The van der Waals surface area contributed by atoms with Crippen LogP contribution in [0.1, 0.15) is 26.7 Å². The van der Waals surface area contributed by atoms with Crippen molar-refractivity contribution < 1.29 is 9.90 Å². The van der Waals surface area contributed by atoms with Gasteiger partial charge in [-0.15, -0.1) is 0 Å². The van der Waals surface area contributed by atoms with Crippen LogP contribution < -0.4 is 5.32 Å². The molecule has 0 bridgehead atoms. The lowest BCUT2D eigenvalue weighted by molar-refractivity contribution is -0.129. The Kier molecular flexibility index (Phi) is 5.05. The summed E-state index contributed by atoms with van der Waals surface area (Å²) in [5.74, 6) is 0.507. The number of aliphatic hydroxyl groups is 1. The first-order valence-electron chi connectivity index (χ1n) is 5.77. The van der Waals surface area contributed by atoms with Crippen LogP contribution in [-0.4, -0.2) is 48.2 Å². The number of likely N-dealkylation sites (tertiary alicyclic amines) is 1. The maximum atomic E-state index is 11.7. The van der Waals surface area contributed by atoms with Gasteiger partial charge in [-0.25, -0.2) is 0 Å². The average molecular weight is 214 g/mol. The van der Waals surface area contributed by atoms with Crippen LogP contribution in [-0.2, 0) is 4.79 Å². The highest BCUT2D eigenvalue weighted by atomic mass is 16.3. The number of amides is 1. The number of nitrogens with one attached hydrogen (secondary N) is 1. The van der Waals surface area contributed by atoms with Gasteiger partial charge in [0.2, 0.25) is 5.91 Å². The molecule has 1 saturated heterocycles. The molecule has 4 nitrogen and oxygen atoms in total. The normalized spacial score (nSPS) is 18.5. The van der Waals surface area contributed by atoms with Gasteiger partial charge in [-0.3, -0.25) is 4.79 Å². The molecule has 1 rings (SSSR count). The molecule has 88 valence electrons. The van der Waals surface area contributed by atoms with E-state index in [-0.39, 0.29) is 18.6 Å². The van der Waals surface area contributed by atoms with Crippen LogP contribution in [0.15, 0.2) is 0 Å². The summed E-state index contributed by atoms with van der Waals surface area (Å²) in [6.07, 6.45) is 2.25. The lowest BCUT2D eigenvalue weighted by atomic mass is 10.1. The van der Waals surface area contributed by atoms with E-state index in [1.807, 2.05) is 18.7 Å². The molecule has 0 aromatic carbocycles. The lowest BCUT2D eigenvalue weighted by Gasteiger charge is -2.22. The van der Waals surface area contributed by atoms with Gasteiger partial charge < -0.3 is 15.3 Å². The molecule has 0 unspecified atom stereocenters. The molecule has 1 atom stereocenters. The van der Waals surface area contributed by atoms with Crippen molar-refractivity contribution in [3.8, 4) is 0 Å². The van der Waals surface area contributed by atoms with Gasteiger partial charge in [0.1, 0.15) is 0 Å². The molecule has 0 aliphatic carbocycles. The maximum absolute atomic E-state index is 11.7. The number of aliphatic hydroxyl groups excluding tert-OH is 1. The van der Waals surface area contributed by atoms with Gasteiger partial charge in [0, 0.05) is 19.1 Å². The molecule has 1 fully saturated rings. The van der Waals surface area contributed by atoms with Crippen LogP contribution in [0.2, 0.25) is 0 Å². The summed E-state index contributed by atoms with van der Waals surface area (Å²) in [5, 5.41) is 12.2. The Hall–Kier alpha value is -0.610. The Morgan fingerprint density at radius 2 is 2.00 bits per heavy atom. The highest BCUT2D eigenvalue weighted by Crippen LogP contribution is 2.07. The molecular weight excluding hydrogens is 192 g/mol. The van der Waals surface area contributed by atoms with Crippen LogP contribution in [0.5, 0.6) is 0 Å². The first-order valence-corrected chi connectivity index (χ1v) is 5.77. The molecule has 2 N–H and O–H groups in total. The summed E-state index contributed by atoms with van der Waals surface area (Å²) in [7, 11) is 0. The van der Waals surface area contributed by atoms with Crippen LogP contribution >= 0.6 is 0 Å². The lowest BCUT2D eigenvalue weighted by Crippen LogP contribution is -2.44. The minimum absolute atomic E-state index is 0.0246. The Balaban J connectivity index is 2.25. The number of rotatable bonds is 5. The topological polar surface area (TPSA) is 52.6 Å². The quantitative estimate of drug-likeness (QED) is 0.688. The number of carbonyl (C=O) groups excluding carboxylic acids is 1. The molecule has 1 heterocycles. The summed E-state index contributed by atoms with van der Waals surface area (Å²) in [5.41, 5.74) is 0. The predicted molar refractivity (Wildman–Crippen MR) is 59.5 cm³/mol. The molecule has 0 aromatic heterocycles. The Bertz CT molecular complexity index is 201. The zero-order valence-corrected chi connectivity index (χ0v) is 9.70. The van der Waals surface area contributed by atoms with E-state index < -0.39 is 0 Å². The number of hydrogen-bond acceptors (Lipinski definition) is 3. The monoisotopic (exact) mass is 214 g/mol. The molecule has 0 saturated carbocycles. The highest BCUT2D eigenvalue weighted by Gasteiger charge is 2.19. The molecular formula is C11H22N2O2. The first-order chi connectivity index (χ1) is 7.15. The van der Waals surface area contributed by atoms with E-state index in [0.29, 0.717) is 12.5 Å². The predicted octanol–water partition coefficient (Wildman–Crippen LogP) is 0.215. The van der Waals surface area contributed by atoms with Gasteiger partial charge in [0.25, 0.3) is 0 Å². The smallest absolute Gasteiger partial charge is 0.236 e. The Labute approximate surface area is 91.6 Å². The van der Waals surface area contributed by atoms with Crippen LogP contribution in [0.25, 0.3) is 0 Å².